The maximum absolute atomic E-state index is 10.8. The first-order valence-corrected chi connectivity index (χ1v) is 3.65. The smallest absolute Gasteiger partial charge is 0.300 e. The van der Waals surface area contributed by atoms with Crippen molar-refractivity contribution in [2.24, 2.45) is 5.92 Å². The van der Waals surface area contributed by atoms with Gasteiger partial charge < -0.3 is 4.74 Å². The number of rotatable bonds is 3. The third-order valence-corrected chi connectivity index (χ3v) is 1.43. The van der Waals surface area contributed by atoms with Crippen LogP contribution in [0.15, 0.2) is 0 Å². The summed E-state index contributed by atoms with van der Waals surface area (Å²) in [7, 11) is 3.32. The summed E-state index contributed by atoms with van der Waals surface area (Å²) >= 11 is 0. The number of ether oxygens (including phenoxy) is 1. The molecule has 0 heterocycles. The van der Waals surface area contributed by atoms with Crippen LogP contribution in [0.1, 0.15) is 20.3 Å². The molecule has 0 aliphatic carbocycles. The Balaban J connectivity index is 3.61. The summed E-state index contributed by atoms with van der Waals surface area (Å²) in [5.41, 5.74) is 0. The minimum atomic E-state index is -0.103. The third kappa shape index (κ3) is 3.54. The second-order valence-corrected chi connectivity index (χ2v) is 3.05. The number of hydrogen-bond donors (Lipinski definition) is 0. The van der Waals surface area contributed by atoms with E-state index in [-0.39, 0.29) is 11.8 Å². The van der Waals surface area contributed by atoms with E-state index in [9.17, 15) is 4.79 Å². The number of carbonyl (C=O) groups is 1. The van der Waals surface area contributed by atoms with E-state index in [2.05, 4.69) is 18.6 Å². The summed E-state index contributed by atoms with van der Waals surface area (Å²) < 4.78 is 4.57. The van der Waals surface area contributed by atoms with Crippen LogP contribution in [0.4, 0.5) is 0 Å². The van der Waals surface area contributed by atoms with Gasteiger partial charge in [0.15, 0.2) is 0 Å². The molecule has 1 unspecified atom stereocenters. The van der Waals surface area contributed by atoms with Gasteiger partial charge in [0.1, 0.15) is 7.85 Å². The zero-order valence-corrected chi connectivity index (χ0v) is 7.18. The molecule has 0 spiro atoms. The standard InChI is InChI=1S/C7H15BO2/c1-5(2)4-6(8)7(9)10-3/h5-6H,4,8H2,1-3H3. The molecular weight excluding hydrogens is 127 g/mol. The molecule has 3 heteroatoms. The van der Waals surface area contributed by atoms with E-state index in [0.717, 1.165) is 6.42 Å². The molecule has 0 saturated carbocycles. The van der Waals surface area contributed by atoms with E-state index in [1.807, 2.05) is 7.85 Å². The highest BCUT2D eigenvalue weighted by atomic mass is 16.5. The molecule has 0 saturated heterocycles. The maximum atomic E-state index is 10.8. The Bertz CT molecular complexity index is 112. The van der Waals surface area contributed by atoms with E-state index in [0.29, 0.717) is 5.92 Å². The van der Waals surface area contributed by atoms with Gasteiger partial charge in [0.2, 0.25) is 0 Å². The van der Waals surface area contributed by atoms with E-state index < -0.39 is 0 Å². The van der Waals surface area contributed by atoms with Crippen molar-refractivity contribution in [1.29, 1.82) is 0 Å². The van der Waals surface area contributed by atoms with Crippen molar-refractivity contribution in [2.45, 2.75) is 26.1 Å². The average Bonchev–Trinajstić information content (AvgIpc) is 1.85. The minimum Gasteiger partial charge on any atom is -0.469 e. The molecule has 0 fully saturated rings. The second kappa shape index (κ2) is 4.37. The van der Waals surface area contributed by atoms with Crippen molar-refractivity contribution in [1.82, 2.24) is 0 Å². The summed E-state index contributed by atoms with van der Waals surface area (Å²) in [6, 6.07) is 0. The van der Waals surface area contributed by atoms with Gasteiger partial charge in [-0.15, -0.1) is 0 Å². The Kier molecular flexibility index (Phi) is 4.16. The minimum absolute atomic E-state index is 0.0463. The second-order valence-electron chi connectivity index (χ2n) is 3.05. The first-order valence-electron chi connectivity index (χ1n) is 3.65. The number of esters is 1. The van der Waals surface area contributed by atoms with Gasteiger partial charge in [-0.2, -0.15) is 0 Å². The molecule has 0 N–H and O–H groups in total. The third-order valence-electron chi connectivity index (χ3n) is 1.43. The highest BCUT2D eigenvalue weighted by Crippen LogP contribution is 2.14. The Morgan fingerprint density at radius 3 is 2.40 bits per heavy atom. The van der Waals surface area contributed by atoms with Crippen LogP contribution in [0.5, 0.6) is 0 Å². The fraction of sp³-hybridized carbons (Fsp3) is 0.857. The molecule has 0 rings (SSSR count). The lowest BCUT2D eigenvalue weighted by Crippen LogP contribution is -2.12. The van der Waals surface area contributed by atoms with E-state index in [1.54, 1.807) is 0 Å². The Hall–Kier alpha value is -0.465. The largest absolute Gasteiger partial charge is 0.469 e. The van der Waals surface area contributed by atoms with Crippen LogP contribution in [0, 0.1) is 5.92 Å². The van der Waals surface area contributed by atoms with Crippen LogP contribution in [0.25, 0.3) is 0 Å². The van der Waals surface area contributed by atoms with Crippen molar-refractivity contribution in [3.63, 3.8) is 0 Å². The predicted molar refractivity (Wildman–Crippen MR) is 43.8 cm³/mol. The van der Waals surface area contributed by atoms with Crippen LogP contribution < -0.4 is 0 Å². The normalized spacial score (nSPS) is 13.2. The van der Waals surface area contributed by atoms with Gasteiger partial charge in [-0.3, -0.25) is 4.79 Å². The molecule has 10 heavy (non-hydrogen) atoms. The maximum Gasteiger partial charge on any atom is 0.300 e. The van der Waals surface area contributed by atoms with Gasteiger partial charge in [0, 0.05) is 5.82 Å². The molecule has 58 valence electrons. The number of hydrogen-bond acceptors (Lipinski definition) is 2. The summed E-state index contributed by atoms with van der Waals surface area (Å²) in [5.74, 6) is 0.507. The van der Waals surface area contributed by atoms with Crippen LogP contribution in [-0.4, -0.2) is 20.9 Å². The van der Waals surface area contributed by atoms with Crippen molar-refractivity contribution >= 4 is 13.8 Å². The summed E-state index contributed by atoms with van der Waals surface area (Å²) in [6.07, 6.45) is 0.909. The molecule has 0 aliphatic rings. The highest BCUT2D eigenvalue weighted by molar-refractivity contribution is 6.22. The van der Waals surface area contributed by atoms with Gasteiger partial charge in [0.05, 0.1) is 7.11 Å². The lowest BCUT2D eigenvalue weighted by atomic mass is 9.81. The summed E-state index contributed by atoms with van der Waals surface area (Å²) in [4.78, 5) is 10.8. The molecule has 0 amide bonds. The predicted octanol–water partition coefficient (Wildman–Crippen LogP) is 0.627. The fourth-order valence-electron chi connectivity index (χ4n) is 1.00. The first-order chi connectivity index (χ1) is 4.57. The Morgan fingerprint density at radius 2 is 2.10 bits per heavy atom. The summed E-state index contributed by atoms with van der Waals surface area (Å²) in [5, 5.41) is 0. The quantitative estimate of drug-likeness (QED) is 0.426. The van der Waals surface area contributed by atoms with Crippen molar-refractivity contribution in [2.75, 3.05) is 7.11 Å². The van der Waals surface area contributed by atoms with Gasteiger partial charge in [0.25, 0.3) is 0 Å². The van der Waals surface area contributed by atoms with Crippen molar-refractivity contribution in [3.05, 3.63) is 0 Å². The lowest BCUT2D eigenvalue weighted by Gasteiger charge is -2.10. The van der Waals surface area contributed by atoms with Gasteiger partial charge >= 0.3 is 5.97 Å². The number of carbonyl (C=O) groups excluding carboxylic acids is 1. The Labute approximate surface area is 63.4 Å². The van der Waals surface area contributed by atoms with E-state index in [1.165, 1.54) is 7.11 Å². The molecule has 0 aromatic carbocycles. The molecule has 2 nitrogen and oxygen atoms in total. The van der Waals surface area contributed by atoms with Crippen LogP contribution >= 0.6 is 0 Å². The van der Waals surface area contributed by atoms with Crippen molar-refractivity contribution < 1.29 is 9.53 Å². The zero-order valence-electron chi connectivity index (χ0n) is 7.18. The van der Waals surface area contributed by atoms with Crippen LogP contribution in [0.2, 0.25) is 5.82 Å². The molecule has 1 atom stereocenters. The molecule has 0 bridgehead atoms. The lowest BCUT2D eigenvalue weighted by molar-refractivity contribution is -0.140. The molecule has 0 aromatic rings. The van der Waals surface area contributed by atoms with Crippen molar-refractivity contribution in [3.8, 4) is 0 Å². The monoisotopic (exact) mass is 142 g/mol. The van der Waals surface area contributed by atoms with E-state index >= 15 is 0 Å². The SMILES string of the molecule is BC(CC(C)C)C(=O)OC. The molecular formula is C7H15BO2. The van der Waals surface area contributed by atoms with Gasteiger partial charge in [-0.25, -0.2) is 0 Å². The average molecular weight is 142 g/mol. The van der Waals surface area contributed by atoms with Gasteiger partial charge in [-0.05, 0) is 12.3 Å². The molecule has 0 aliphatic heterocycles. The molecule has 0 aromatic heterocycles. The highest BCUT2D eigenvalue weighted by Gasteiger charge is 2.13. The molecule has 0 radical (unpaired) electrons. The zero-order chi connectivity index (χ0) is 8.15. The Morgan fingerprint density at radius 1 is 1.60 bits per heavy atom. The van der Waals surface area contributed by atoms with Crippen LogP contribution in [-0.2, 0) is 9.53 Å². The van der Waals surface area contributed by atoms with E-state index in [4.69, 9.17) is 0 Å². The topological polar surface area (TPSA) is 26.3 Å². The first kappa shape index (κ1) is 9.53. The number of methoxy groups -OCH3 is 1. The van der Waals surface area contributed by atoms with Gasteiger partial charge in [-0.1, -0.05) is 13.8 Å². The summed E-state index contributed by atoms with van der Waals surface area (Å²) in [6.45, 7) is 4.19. The van der Waals surface area contributed by atoms with Crippen LogP contribution in [0.3, 0.4) is 0 Å². The fourth-order valence-corrected chi connectivity index (χ4v) is 1.00.